The Kier molecular flexibility index (Phi) is 9.15. The molecule has 1 heterocycles. The quantitative estimate of drug-likeness (QED) is 0.574. The molecule has 0 radical (unpaired) electrons. The Bertz CT molecular complexity index is 964. The first-order valence-electron chi connectivity index (χ1n) is 11.0. The third kappa shape index (κ3) is 6.63. The van der Waals surface area contributed by atoms with Gasteiger partial charge >= 0.3 is 6.03 Å². The van der Waals surface area contributed by atoms with Crippen LogP contribution in [0.25, 0.3) is 0 Å². The average Bonchev–Trinajstić information content (AvgIpc) is 2.87. The SMILES string of the molecule is COc1ccc(CN(C(=O)NC2CCNCC2)C(=O)c2ccc(F)c(OC(CF)CF)c2)cc1. The number of piperidine rings is 1. The van der Waals surface area contributed by atoms with Gasteiger partial charge in [-0.1, -0.05) is 12.1 Å². The molecule has 0 bridgehead atoms. The molecule has 0 spiro atoms. The van der Waals surface area contributed by atoms with E-state index in [9.17, 15) is 22.8 Å². The second-order valence-electron chi connectivity index (χ2n) is 7.91. The summed E-state index contributed by atoms with van der Waals surface area (Å²) >= 11 is 0. The van der Waals surface area contributed by atoms with Gasteiger partial charge < -0.3 is 20.1 Å². The number of methoxy groups -OCH3 is 1. The number of nitrogens with one attached hydrogen (secondary N) is 2. The number of nitrogens with zero attached hydrogens (tertiary/aromatic N) is 1. The summed E-state index contributed by atoms with van der Waals surface area (Å²) in [7, 11) is 1.53. The highest BCUT2D eigenvalue weighted by molar-refractivity contribution is 6.04. The van der Waals surface area contributed by atoms with Crippen LogP contribution in [0.2, 0.25) is 0 Å². The second-order valence-corrected chi connectivity index (χ2v) is 7.91. The van der Waals surface area contributed by atoms with Gasteiger partial charge in [-0.25, -0.2) is 18.0 Å². The highest BCUT2D eigenvalue weighted by atomic mass is 19.1. The summed E-state index contributed by atoms with van der Waals surface area (Å²) < 4.78 is 50.0. The normalized spacial score (nSPS) is 14.0. The second kappa shape index (κ2) is 12.3. The Morgan fingerprint density at radius 2 is 1.79 bits per heavy atom. The topological polar surface area (TPSA) is 79.9 Å². The lowest BCUT2D eigenvalue weighted by atomic mass is 10.1. The minimum atomic E-state index is -1.49. The molecule has 7 nitrogen and oxygen atoms in total. The standard InChI is InChI=1S/C24H28F3N3O4/c1-33-19-5-2-16(3-6-19)15-30(24(32)29-18-8-10-28-11-9-18)23(31)17-4-7-21(27)22(12-17)34-20(13-25)14-26/h2-7,12,18,20,28H,8-11,13-15H2,1H3,(H,29,32). The molecule has 184 valence electrons. The van der Waals surface area contributed by atoms with Crippen molar-refractivity contribution in [2.75, 3.05) is 33.5 Å². The average molecular weight is 479 g/mol. The molecule has 1 aliphatic rings. The van der Waals surface area contributed by atoms with Gasteiger partial charge in [0.05, 0.1) is 13.7 Å². The first kappa shape index (κ1) is 25.4. The number of benzene rings is 2. The van der Waals surface area contributed by atoms with E-state index < -0.39 is 43.0 Å². The van der Waals surface area contributed by atoms with E-state index in [1.807, 2.05) is 0 Å². The molecule has 0 atom stereocenters. The molecule has 3 amide bonds. The number of hydrogen-bond donors (Lipinski definition) is 2. The molecule has 2 N–H and O–H groups in total. The van der Waals surface area contributed by atoms with E-state index in [1.165, 1.54) is 13.2 Å². The molecule has 1 fully saturated rings. The monoisotopic (exact) mass is 479 g/mol. The van der Waals surface area contributed by atoms with Gasteiger partial charge in [0.2, 0.25) is 0 Å². The van der Waals surface area contributed by atoms with E-state index in [2.05, 4.69) is 10.6 Å². The van der Waals surface area contributed by atoms with E-state index in [0.29, 0.717) is 11.3 Å². The van der Waals surface area contributed by atoms with Gasteiger partial charge in [0, 0.05) is 11.6 Å². The molecule has 3 rings (SSSR count). The van der Waals surface area contributed by atoms with E-state index in [4.69, 9.17) is 9.47 Å². The fourth-order valence-electron chi connectivity index (χ4n) is 3.53. The third-order valence-electron chi connectivity index (χ3n) is 5.47. The maximum absolute atomic E-state index is 14.2. The van der Waals surface area contributed by atoms with Gasteiger partial charge in [-0.3, -0.25) is 9.69 Å². The van der Waals surface area contributed by atoms with Gasteiger partial charge in [0.15, 0.2) is 17.7 Å². The van der Waals surface area contributed by atoms with Crippen LogP contribution in [0.4, 0.5) is 18.0 Å². The Labute approximate surface area is 196 Å². The van der Waals surface area contributed by atoms with Crippen molar-refractivity contribution >= 4 is 11.9 Å². The van der Waals surface area contributed by atoms with Crippen molar-refractivity contribution in [3.8, 4) is 11.5 Å². The molecular formula is C24H28F3N3O4. The first-order chi connectivity index (χ1) is 16.4. The Hall–Kier alpha value is -3.27. The molecule has 0 aromatic heterocycles. The molecule has 10 heteroatoms. The summed E-state index contributed by atoms with van der Waals surface area (Å²) in [6.45, 7) is -0.863. The number of urea groups is 1. The molecule has 0 saturated carbocycles. The number of hydrogen-bond acceptors (Lipinski definition) is 5. The van der Waals surface area contributed by atoms with Crippen molar-refractivity contribution in [1.82, 2.24) is 15.5 Å². The summed E-state index contributed by atoms with van der Waals surface area (Å²) in [5.74, 6) is -1.42. The molecule has 0 aliphatic carbocycles. The fraction of sp³-hybridized carbons (Fsp3) is 0.417. The van der Waals surface area contributed by atoms with Gasteiger partial charge in [-0.05, 0) is 61.8 Å². The predicted octanol–water partition coefficient (Wildman–Crippen LogP) is 3.62. The maximum Gasteiger partial charge on any atom is 0.324 e. The van der Waals surface area contributed by atoms with Crippen molar-refractivity contribution in [3.63, 3.8) is 0 Å². The molecule has 2 aromatic carbocycles. The van der Waals surface area contributed by atoms with Crippen LogP contribution in [0.3, 0.4) is 0 Å². The van der Waals surface area contributed by atoms with Crippen LogP contribution in [0.5, 0.6) is 11.5 Å². The number of amides is 3. The van der Waals surface area contributed by atoms with E-state index in [-0.39, 0.29) is 18.2 Å². The van der Waals surface area contributed by atoms with Gasteiger partial charge in [-0.2, -0.15) is 0 Å². The van der Waals surface area contributed by atoms with Crippen LogP contribution in [0, 0.1) is 5.82 Å². The van der Waals surface area contributed by atoms with Crippen molar-refractivity contribution in [3.05, 3.63) is 59.4 Å². The number of halogens is 3. The molecular weight excluding hydrogens is 451 g/mol. The third-order valence-corrected chi connectivity index (χ3v) is 5.47. The maximum atomic E-state index is 14.2. The Balaban J connectivity index is 1.86. The largest absolute Gasteiger partial charge is 0.497 e. The Morgan fingerprint density at radius 1 is 1.12 bits per heavy atom. The minimum Gasteiger partial charge on any atom is -0.497 e. The highest BCUT2D eigenvalue weighted by Gasteiger charge is 2.27. The zero-order valence-electron chi connectivity index (χ0n) is 18.9. The van der Waals surface area contributed by atoms with E-state index in [1.54, 1.807) is 24.3 Å². The molecule has 2 aromatic rings. The molecule has 1 aliphatic heterocycles. The van der Waals surface area contributed by atoms with Crippen LogP contribution in [0.15, 0.2) is 42.5 Å². The van der Waals surface area contributed by atoms with Crippen molar-refractivity contribution in [2.24, 2.45) is 0 Å². The zero-order chi connectivity index (χ0) is 24.5. The lowest BCUT2D eigenvalue weighted by Gasteiger charge is -2.28. The van der Waals surface area contributed by atoms with Gasteiger partial charge in [0.25, 0.3) is 5.91 Å². The highest BCUT2D eigenvalue weighted by Crippen LogP contribution is 2.23. The van der Waals surface area contributed by atoms with Crippen LogP contribution in [-0.4, -0.2) is 62.5 Å². The number of carbonyl (C=O) groups is 2. The van der Waals surface area contributed by atoms with Crippen LogP contribution in [-0.2, 0) is 6.54 Å². The number of carbonyl (C=O) groups excluding carboxylic acids is 2. The van der Waals surface area contributed by atoms with E-state index >= 15 is 0 Å². The van der Waals surface area contributed by atoms with Crippen LogP contribution >= 0.6 is 0 Å². The molecule has 1 saturated heterocycles. The van der Waals surface area contributed by atoms with Crippen molar-refractivity contribution < 1.29 is 32.2 Å². The summed E-state index contributed by atoms with van der Waals surface area (Å²) in [4.78, 5) is 27.5. The van der Waals surface area contributed by atoms with Gasteiger partial charge in [-0.15, -0.1) is 0 Å². The smallest absolute Gasteiger partial charge is 0.324 e. The number of imide groups is 1. The summed E-state index contributed by atoms with van der Waals surface area (Å²) in [5, 5.41) is 6.09. The number of rotatable bonds is 9. The zero-order valence-corrected chi connectivity index (χ0v) is 18.9. The summed E-state index contributed by atoms with van der Waals surface area (Å²) in [5.41, 5.74) is 0.616. The molecule has 0 unspecified atom stereocenters. The first-order valence-corrected chi connectivity index (χ1v) is 11.0. The number of alkyl halides is 2. The lowest BCUT2D eigenvalue weighted by Crippen LogP contribution is -2.50. The van der Waals surface area contributed by atoms with Crippen LogP contribution < -0.4 is 20.1 Å². The number of ether oxygens (including phenoxy) is 2. The van der Waals surface area contributed by atoms with Crippen LogP contribution in [0.1, 0.15) is 28.8 Å². The predicted molar refractivity (Wildman–Crippen MR) is 120 cm³/mol. The van der Waals surface area contributed by atoms with Crippen molar-refractivity contribution in [1.29, 1.82) is 0 Å². The Morgan fingerprint density at radius 3 is 2.41 bits per heavy atom. The van der Waals surface area contributed by atoms with Gasteiger partial charge in [0.1, 0.15) is 19.1 Å². The lowest BCUT2D eigenvalue weighted by molar-refractivity contribution is 0.0785. The fourth-order valence-corrected chi connectivity index (χ4v) is 3.53. The van der Waals surface area contributed by atoms with Crippen molar-refractivity contribution in [2.45, 2.75) is 31.5 Å². The van der Waals surface area contributed by atoms with E-state index in [0.717, 1.165) is 43.0 Å². The molecule has 34 heavy (non-hydrogen) atoms. The minimum absolute atomic E-state index is 0.0508. The summed E-state index contributed by atoms with van der Waals surface area (Å²) in [6, 6.07) is 9.39. The summed E-state index contributed by atoms with van der Waals surface area (Å²) in [6.07, 6.45) is -0.0457.